The highest BCUT2D eigenvalue weighted by atomic mass is 15.2. The zero-order valence-corrected chi connectivity index (χ0v) is 9.95. The Morgan fingerprint density at radius 1 is 1.53 bits per heavy atom. The monoisotopic (exact) mass is 207 g/mol. The van der Waals surface area contributed by atoms with Gasteiger partial charge in [-0.25, -0.2) is 4.98 Å². The van der Waals surface area contributed by atoms with Crippen molar-refractivity contribution in [2.24, 2.45) is 5.92 Å². The number of nitrogens with one attached hydrogen (secondary N) is 1. The van der Waals surface area contributed by atoms with E-state index >= 15 is 0 Å². The summed E-state index contributed by atoms with van der Waals surface area (Å²) in [5.41, 5.74) is 1.10. The van der Waals surface area contributed by atoms with Gasteiger partial charge in [0.2, 0.25) is 5.95 Å². The second kappa shape index (κ2) is 4.25. The van der Waals surface area contributed by atoms with E-state index in [1.807, 2.05) is 6.92 Å². The van der Waals surface area contributed by atoms with Crippen LogP contribution in [0, 0.1) is 12.8 Å². The van der Waals surface area contributed by atoms with E-state index in [0.29, 0.717) is 6.04 Å². The standard InChI is InChI=1S/C12H21N3/c1-9(2)15-8-10(3)14-12(15)13-7-6-11-4-5-11/h8-9,11H,4-7H2,1-3H3,(H,13,14). The number of hydrogen-bond acceptors (Lipinski definition) is 2. The quantitative estimate of drug-likeness (QED) is 0.804. The molecule has 3 nitrogen and oxygen atoms in total. The van der Waals surface area contributed by atoms with Crippen LogP contribution in [-0.4, -0.2) is 16.1 Å². The van der Waals surface area contributed by atoms with Crippen LogP contribution in [0.5, 0.6) is 0 Å². The van der Waals surface area contributed by atoms with Gasteiger partial charge < -0.3 is 9.88 Å². The summed E-state index contributed by atoms with van der Waals surface area (Å²) < 4.78 is 2.21. The summed E-state index contributed by atoms with van der Waals surface area (Å²) in [7, 11) is 0. The molecule has 1 fully saturated rings. The fourth-order valence-electron chi connectivity index (χ4n) is 1.84. The predicted molar refractivity (Wildman–Crippen MR) is 63.2 cm³/mol. The molecule has 1 N–H and O–H groups in total. The molecule has 15 heavy (non-hydrogen) atoms. The molecule has 1 aromatic rings. The highest BCUT2D eigenvalue weighted by Crippen LogP contribution is 2.32. The summed E-state index contributed by atoms with van der Waals surface area (Å²) in [6, 6.07) is 0.481. The molecule has 0 radical (unpaired) electrons. The molecule has 3 heteroatoms. The van der Waals surface area contributed by atoms with Crippen molar-refractivity contribution in [3.05, 3.63) is 11.9 Å². The number of aromatic nitrogens is 2. The molecule has 1 aromatic heterocycles. The van der Waals surface area contributed by atoms with Gasteiger partial charge in [0, 0.05) is 18.8 Å². The first kappa shape index (κ1) is 10.5. The first-order valence-electron chi connectivity index (χ1n) is 5.96. The average molecular weight is 207 g/mol. The number of imidazole rings is 1. The molecule has 0 atom stereocenters. The lowest BCUT2D eigenvalue weighted by molar-refractivity contribution is 0.602. The lowest BCUT2D eigenvalue weighted by Crippen LogP contribution is -2.10. The molecule has 0 spiro atoms. The summed E-state index contributed by atoms with van der Waals surface area (Å²) in [6.45, 7) is 7.49. The Balaban J connectivity index is 1.92. The maximum atomic E-state index is 4.50. The predicted octanol–water partition coefficient (Wildman–Crippen LogP) is 2.98. The first-order chi connectivity index (χ1) is 7.16. The third-order valence-electron chi connectivity index (χ3n) is 2.94. The van der Waals surface area contributed by atoms with Crippen LogP contribution in [-0.2, 0) is 0 Å². The Morgan fingerprint density at radius 3 is 2.87 bits per heavy atom. The smallest absolute Gasteiger partial charge is 0.203 e. The van der Waals surface area contributed by atoms with E-state index < -0.39 is 0 Å². The molecule has 2 rings (SSSR count). The van der Waals surface area contributed by atoms with Gasteiger partial charge in [-0.2, -0.15) is 0 Å². The molecule has 0 bridgehead atoms. The first-order valence-corrected chi connectivity index (χ1v) is 5.96. The Kier molecular flexibility index (Phi) is 2.98. The van der Waals surface area contributed by atoms with Crippen LogP contribution in [0.25, 0.3) is 0 Å². The van der Waals surface area contributed by atoms with Gasteiger partial charge in [-0.15, -0.1) is 0 Å². The fourth-order valence-corrected chi connectivity index (χ4v) is 1.84. The van der Waals surface area contributed by atoms with Crippen molar-refractivity contribution in [1.82, 2.24) is 9.55 Å². The molecular weight excluding hydrogens is 186 g/mol. The Morgan fingerprint density at radius 2 is 2.27 bits per heavy atom. The lowest BCUT2D eigenvalue weighted by Gasteiger charge is -2.12. The van der Waals surface area contributed by atoms with Crippen molar-refractivity contribution in [2.45, 2.75) is 46.1 Å². The molecule has 1 heterocycles. The minimum atomic E-state index is 0.481. The molecule has 0 saturated heterocycles. The summed E-state index contributed by atoms with van der Waals surface area (Å²) in [4.78, 5) is 4.50. The van der Waals surface area contributed by atoms with Crippen LogP contribution in [0.3, 0.4) is 0 Å². The van der Waals surface area contributed by atoms with E-state index in [4.69, 9.17) is 0 Å². The van der Waals surface area contributed by atoms with E-state index in [9.17, 15) is 0 Å². The molecule has 1 aliphatic carbocycles. The van der Waals surface area contributed by atoms with Gasteiger partial charge in [0.15, 0.2) is 0 Å². The van der Waals surface area contributed by atoms with E-state index in [1.165, 1.54) is 19.3 Å². The molecule has 0 aliphatic heterocycles. The minimum Gasteiger partial charge on any atom is -0.356 e. The minimum absolute atomic E-state index is 0.481. The van der Waals surface area contributed by atoms with Gasteiger partial charge in [-0.3, -0.25) is 0 Å². The van der Waals surface area contributed by atoms with Gasteiger partial charge in [0.25, 0.3) is 0 Å². The molecule has 84 valence electrons. The summed E-state index contributed by atoms with van der Waals surface area (Å²) in [5, 5.41) is 3.44. The van der Waals surface area contributed by atoms with Crippen LogP contribution < -0.4 is 5.32 Å². The van der Waals surface area contributed by atoms with Crippen molar-refractivity contribution >= 4 is 5.95 Å². The highest BCUT2D eigenvalue weighted by molar-refractivity contribution is 5.29. The summed E-state index contributed by atoms with van der Waals surface area (Å²) in [5.74, 6) is 2.02. The van der Waals surface area contributed by atoms with E-state index in [-0.39, 0.29) is 0 Å². The highest BCUT2D eigenvalue weighted by Gasteiger charge is 2.20. The number of nitrogens with zero attached hydrogens (tertiary/aromatic N) is 2. The number of anilines is 1. The summed E-state index contributed by atoms with van der Waals surface area (Å²) >= 11 is 0. The van der Waals surface area contributed by atoms with Crippen LogP contribution in [0.4, 0.5) is 5.95 Å². The van der Waals surface area contributed by atoms with Gasteiger partial charge in [0.1, 0.15) is 0 Å². The lowest BCUT2D eigenvalue weighted by atomic mass is 10.3. The number of hydrogen-bond donors (Lipinski definition) is 1. The second-order valence-electron chi connectivity index (χ2n) is 4.87. The maximum Gasteiger partial charge on any atom is 0.203 e. The molecule has 0 aromatic carbocycles. The van der Waals surface area contributed by atoms with Gasteiger partial charge in [-0.1, -0.05) is 12.8 Å². The number of aryl methyl sites for hydroxylation is 1. The van der Waals surface area contributed by atoms with Crippen LogP contribution in [0.1, 0.15) is 44.8 Å². The van der Waals surface area contributed by atoms with E-state index in [0.717, 1.165) is 24.1 Å². The molecule has 0 amide bonds. The zero-order valence-electron chi connectivity index (χ0n) is 9.95. The average Bonchev–Trinajstić information content (AvgIpc) is 2.89. The molecule has 0 unspecified atom stereocenters. The van der Waals surface area contributed by atoms with Gasteiger partial charge >= 0.3 is 0 Å². The van der Waals surface area contributed by atoms with Crippen molar-refractivity contribution in [3.63, 3.8) is 0 Å². The van der Waals surface area contributed by atoms with Crippen LogP contribution in [0.2, 0.25) is 0 Å². The third kappa shape index (κ3) is 2.74. The third-order valence-corrected chi connectivity index (χ3v) is 2.94. The Bertz CT molecular complexity index is 324. The molecule has 1 aliphatic rings. The SMILES string of the molecule is Cc1cn(C(C)C)c(NCCC2CC2)n1. The number of rotatable bonds is 5. The van der Waals surface area contributed by atoms with Crippen LogP contribution >= 0.6 is 0 Å². The van der Waals surface area contributed by atoms with Crippen molar-refractivity contribution in [1.29, 1.82) is 0 Å². The largest absolute Gasteiger partial charge is 0.356 e. The van der Waals surface area contributed by atoms with Gasteiger partial charge in [0.05, 0.1) is 5.69 Å². The topological polar surface area (TPSA) is 29.9 Å². The molecular formula is C12H21N3. The summed E-state index contributed by atoms with van der Waals surface area (Å²) in [6.07, 6.45) is 6.27. The normalized spacial score (nSPS) is 16.0. The van der Waals surface area contributed by atoms with Crippen LogP contribution in [0.15, 0.2) is 6.20 Å². The van der Waals surface area contributed by atoms with E-state index in [1.54, 1.807) is 0 Å². The molecule has 1 saturated carbocycles. The second-order valence-corrected chi connectivity index (χ2v) is 4.87. The van der Waals surface area contributed by atoms with Gasteiger partial charge in [-0.05, 0) is 33.1 Å². The maximum absolute atomic E-state index is 4.50. The fraction of sp³-hybridized carbons (Fsp3) is 0.750. The van der Waals surface area contributed by atoms with Crippen molar-refractivity contribution < 1.29 is 0 Å². The van der Waals surface area contributed by atoms with Crippen molar-refractivity contribution in [3.8, 4) is 0 Å². The zero-order chi connectivity index (χ0) is 10.8. The van der Waals surface area contributed by atoms with Crippen molar-refractivity contribution in [2.75, 3.05) is 11.9 Å². The Labute approximate surface area is 91.9 Å². The Hall–Kier alpha value is -0.990. The van der Waals surface area contributed by atoms with E-state index in [2.05, 4.69) is 34.9 Å².